The monoisotopic (exact) mass is 191 g/mol. The number of hydrogen-bond donors (Lipinski definition) is 1. The molecule has 1 aromatic rings. The smallest absolute Gasteiger partial charge is 0.225 e. The van der Waals surface area contributed by atoms with E-state index >= 15 is 0 Å². The van der Waals surface area contributed by atoms with Gasteiger partial charge in [-0.1, -0.05) is 12.8 Å². The molecule has 0 aromatic carbocycles. The maximum atomic E-state index is 5.15. The van der Waals surface area contributed by atoms with E-state index in [0.717, 1.165) is 13.0 Å². The zero-order chi connectivity index (χ0) is 10.2. The van der Waals surface area contributed by atoms with E-state index in [1.165, 1.54) is 0 Å². The molecule has 0 fully saturated rings. The van der Waals surface area contributed by atoms with Crippen molar-refractivity contribution in [1.82, 2.24) is 9.97 Å². The molecule has 0 unspecified atom stereocenters. The number of hydrogen-bond acceptors (Lipinski definition) is 4. The maximum Gasteiger partial charge on any atom is 0.225 e. The third-order valence-corrected chi connectivity index (χ3v) is 1.47. The lowest BCUT2D eigenvalue weighted by atomic mass is 10.5. The van der Waals surface area contributed by atoms with Gasteiger partial charge in [0.2, 0.25) is 11.8 Å². The second-order valence-corrected chi connectivity index (χ2v) is 2.64. The fourth-order valence-corrected chi connectivity index (χ4v) is 0.860. The molecule has 14 heavy (non-hydrogen) atoms. The average molecular weight is 191 g/mol. The van der Waals surface area contributed by atoms with Gasteiger partial charge in [0.1, 0.15) is 0 Å². The molecule has 1 rings (SSSR count). The van der Waals surface area contributed by atoms with Crippen LogP contribution in [0.4, 0.5) is 5.95 Å². The summed E-state index contributed by atoms with van der Waals surface area (Å²) in [4.78, 5) is 8.14. The summed E-state index contributed by atoms with van der Waals surface area (Å²) in [6.45, 7) is 3.15. The van der Waals surface area contributed by atoms with Crippen LogP contribution < -0.4 is 10.1 Å². The summed E-state index contributed by atoms with van der Waals surface area (Å²) in [5.41, 5.74) is 0. The first-order valence-electron chi connectivity index (χ1n) is 4.50. The minimum Gasteiger partial charge on any atom is -0.464 e. The van der Waals surface area contributed by atoms with Gasteiger partial charge in [-0.25, -0.2) is 4.98 Å². The minimum atomic E-state index is 0.226. The van der Waals surface area contributed by atoms with E-state index in [1.807, 2.05) is 0 Å². The van der Waals surface area contributed by atoms with Gasteiger partial charge in [-0.05, 0) is 6.42 Å². The van der Waals surface area contributed by atoms with Crippen LogP contribution in [0.25, 0.3) is 0 Å². The van der Waals surface area contributed by atoms with E-state index in [2.05, 4.69) is 28.1 Å². The number of rotatable bonds is 5. The molecular formula is C10H13N3O. The van der Waals surface area contributed by atoms with Crippen LogP contribution in [-0.2, 0) is 0 Å². The topological polar surface area (TPSA) is 47.0 Å². The molecule has 0 spiro atoms. The molecule has 0 aliphatic carbocycles. The number of terminal acetylenes is 1. The second-order valence-electron chi connectivity index (χ2n) is 2.64. The van der Waals surface area contributed by atoms with Crippen molar-refractivity contribution in [1.29, 1.82) is 0 Å². The van der Waals surface area contributed by atoms with Gasteiger partial charge in [0.15, 0.2) is 6.61 Å². The van der Waals surface area contributed by atoms with Crippen molar-refractivity contribution < 1.29 is 4.74 Å². The number of nitrogens with zero attached hydrogens (tertiary/aromatic N) is 2. The van der Waals surface area contributed by atoms with Crippen molar-refractivity contribution in [3.8, 4) is 18.2 Å². The number of aromatic nitrogens is 2. The van der Waals surface area contributed by atoms with E-state index in [1.54, 1.807) is 12.3 Å². The molecule has 1 aromatic heterocycles. The van der Waals surface area contributed by atoms with Gasteiger partial charge in [0, 0.05) is 18.8 Å². The van der Waals surface area contributed by atoms with Crippen LogP contribution in [0, 0.1) is 12.3 Å². The highest BCUT2D eigenvalue weighted by atomic mass is 16.5. The van der Waals surface area contributed by atoms with Crippen molar-refractivity contribution in [3.63, 3.8) is 0 Å². The Morgan fingerprint density at radius 2 is 2.50 bits per heavy atom. The molecule has 0 amide bonds. The Bertz CT molecular complexity index is 319. The number of nitrogens with one attached hydrogen (secondary N) is 1. The lowest BCUT2D eigenvalue weighted by Crippen LogP contribution is -2.05. The third kappa shape index (κ3) is 3.31. The summed E-state index contributed by atoms with van der Waals surface area (Å²) < 4.78 is 5.15. The van der Waals surface area contributed by atoms with Crippen molar-refractivity contribution in [2.24, 2.45) is 0 Å². The first kappa shape index (κ1) is 10.3. The molecule has 0 radical (unpaired) electrons. The molecule has 74 valence electrons. The SMILES string of the molecule is C#CCOc1ccnc(NCCC)n1. The molecule has 0 saturated heterocycles. The van der Waals surface area contributed by atoms with Gasteiger partial charge in [0.25, 0.3) is 0 Å². The van der Waals surface area contributed by atoms with Gasteiger partial charge in [-0.15, -0.1) is 6.42 Å². The molecule has 0 saturated carbocycles. The summed E-state index contributed by atoms with van der Waals surface area (Å²) in [6.07, 6.45) is 7.72. The molecular weight excluding hydrogens is 178 g/mol. The van der Waals surface area contributed by atoms with Gasteiger partial charge >= 0.3 is 0 Å². The van der Waals surface area contributed by atoms with Crippen LogP contribution in [-0.4, -0.2) is 23.1 Å². The molecule has 4 heteroatoms. The summed E-state index contributed by atoms with van der Waals surface area (Å²) in [6, 6.07) is 1.68. The van der Waals surface area contributed by atoms with E-state index in [4.69, 9.17) is 11.2 Å². The Morgan fingerprint density at radius 1 is 1.64 bits per heavy atom. The van der Waals surface area contributed by atoms with Gasteiger partial charge in [-0.2, -0.15) is 4.98 Å². The van der Waals surface area contributed by atoms with Crippen molar-refractivity contribution in [2.75, 3.05) is 18.5 Å². The predicted octanol–water partition coefficient (Wildman–Crippen LogP) is 1.31. The Kier molecular flexibility index (Phi) is 4.29. The van der Waals surface area contributed by atoms with Crippen LogP contribution in [0.1, 0.15) is 13.3 Å². The van der Waals surface area contributed by atoms with E-state index < -0.39 is 0 Å². The molecule has 1 N–H and O–H groups in total. The molecule has 0 aliphatic heterocycles. The highest BCUT2D eigenvalue weighted by Gasteiger charge is 1.97. The van der Waals surface area contributed by atoms with Crippen LogP contribution in [0.2, 0.25) is 0 Å². The third-order valence-electron chi connectivity index (χ3n) is 1.47. The Labute approximate surface area is 83.7 Å². The number of ether oxygens (including phenoxy) is 1. The van der Waals surface area contributed by atoms with Gasteiger partial charge in [0.05, 0.1) is 0 Å². The average Bonchev–Trinajstić information content (AvgIpc) is 2.24. The van der Waals surface area contributed by atoms with Crippen LogP contribution in [0.3, 0.4) is 0 Å². The summed E-state index contributed by atoms with van der Waals surface area (Å²) >= 11 is 0. The van der Waals surface area contributed by atoms with Crippen LogP contribution in [0.5, 0.6) is 5.88 Å². The first-order chi connectivity index (χ1) is 6.86. The quantitative estimate of drug-likeness (QED) is 0.713. The zero-order valence-corrected chi connectivity index (χ0v) is 8.16. The highest BCUT2D eigenvalue weighted by Crippen LogP contribution is 2.07. The minimum absolute atomic E-state index is 0.226. The largest absolute Gasteiger partial charge is 0.464 e. The van der Waals surface area contributed by atoms with Crippen LogP contribution >= 0.6 is 0 Å². The fraction of sp³-hybridized carbons (Fsp3) is 0.400. The van der Waals surface area contributed by atoms with Gasteiger partial charge in [-0.3, -0.25) is 0 Å². The standard InChI is InChI=1S/C10H13N3O/c1-3-6-11-10-12-7-5-9(13-10)14-8-4-2/h2,5,7H,3,6,8H2,1H3,(H,11,12,13). The van der Waals surface area contributed by atoms with Crippen molar-refractivity contribution in [2.45, 2.75) is 13.3 Å². The molecule has 0 aliphatic rings. The van der Waals surface area contributed by atoms with E-state index in [0.29, 0.717) is 11.8 Å². The second kappa shape index (κ2) is 5.81. The molecule has 4 nitrogen and oxygen atoms in total. The lowest BCUT2D eigenvalue weighted by Gasteiger charge is -2.04. The lowest BCUT2D eigenvalue weighted by molar-refractivity contribution is 0.355. The highest BCUT2D eigenvalue weighted by molar-refractivity contribution is 5.27. The fourth-order valence-electron chi connectivity index (χ4n) is 0.860. The first-order valence-corrected chi connectivity index (χ1v) is 4.50. The molecule has 0 bridgehead atoms. The van der Waals surface area contributed by atoms with Crippen molar-refractivity contribution in [3.05, 3.63) is 12.3 Å². The Morgan fingerprint density at radius 3 is 3.21 bits per heavy atom. The molecule has 0 atom stereocenters. The van der Waals surface area contributed by atoms with E-state index in [-0.39, 0.29) is 6.61 Å². The van der Waals surface area contributed by atoms with Gasteiger partial charge < -0.3 is 10.1 Å². The van der Waals surface area contributed by atoms with Crippen LogP contribution in [0.15, 0.2) is 12.3 Å². The summed E-state index contributed by atoms with van der Waals surface area (Å²) in [5.74, 6) is 3.44. The molecule has 1 heterocycles. The van der Waals surface area contributed by atoms with Crippen molar-refractivity contribution >= 4 is 5.95 Å². The predicted molar refractivity (Wildman–Crippen MR) is 55.1 cm³/mol. The number of anilines is 1. The van der Waals surface area contributed by atoms with E-state index in [9.17, 15) is 0 Å². The normalized spacial score (nSPS) is 9.14. The Hall–Kier alpha value is -1.76. The zero-order valence-electron chi connectivity index (χ0n) is 8.16. The maximum absolute atomic E-state index is 5.15. The summed E-state index contributed by atoms with van der Waals surface area (Å²) in [7, 11) is 0. The Balaban J connectivity index is 2.55. The summed E-state index contributed by atoms with van der Waals surface area (Å²) in [5, 5.41) is 3.06.